The Morgan fingerprint density at radius 3 is 2.76 bits per heavy atom. The molecule has 92 valence electrons. The van der Waals surface area contributed by atoms with Gasteiger partial charge >= 0.3 is 0 Å². The molecule has 0 aliphatic carbocycles. The molecule has 17 heavy (non-hydrogen) atoms. The van der Waals surface area contributed by atoms with Crippen LogP contribution in [0.25, 0.3) is 0 Å². The third-order valence-electron chi connectivity index (χ3n) is 3.66. The SMILES string of the molecule is CCC(CC)C(=O)N1CCc2c(N)cccc21. The van der Waals surface area contributed by atoms with Gasteiger partial charge in [0.05, 0.1) is 0 Å². The molecule has 1 aliphatic heterocycles. The summed E-state index contributed by atoms with van der Waals surface area (Å²) in [6.07, 6.45) is 2.70. The highest BCUT2D eigenvalue weighted by Gasteiger charge is 2.29. The van der Waals surface area contributed by atoms with Gasteiger partial charge in [0.25, 0.3) is 0 Å². The first kappa shape index (κ1) is 12.0. The molecule has 0 bridgehead atoms. The molecular formula is C14H20N2O. The summed E-state index contributed by atoms with van der Waals surface area (Å²) in [5.74, 6) is 0.390. The Bertz CT molecular complexity index is 424. The number of hydrogen-bond donors (Lipinski definition) is 1. The Kier molecular flexibility index (Phi) is 3.36. The van der Waals surface area contributed by atoms with E-state index in [4.69, 9.17) is 5.73 Å². The molecule has 1 aromatic carbocycles. The second-order valence-electron chi connectivity index (χ2n) is 4.60. The van der Waals surface area contributed by atoms with Crippen LogP contribution in [0.4, 0.5) is 11.4 Å². The molecule has 0 unspecified atom stereocenters. The zero-order valence-electron chi connectivity index (χ0n) is 10.6. The van der Waals surface area contributed by atoms with Crippen molar-refractivity contribution >= 4 is 17.3 Å². The number of nitrogens with two attached hydrogens (primary N) is 1. The number of amides is 1. The number of carbonyl (C=O) groups excluding carboxylic acids is 1. The van der Waals surface area contributed by atoms with Crippen molar-refractivity contribution in [3.05, 3.63) is 23.8 Å². The fraction of sp³-hybridized carbons (Fsp3) is 0.500. The summed E-state index contributed by atoms with van der Waals surface area (Å²) in [6, 6.07) is 5.83. The normalized spacial score (nSPS) is 14.2. The van der Waals surface area contributed by atoms with Gasteiger partial charge in [0, 0.05) is 29.4 Å². The summed E-state index contributed by atoms with van der Waals surface area (Å²) in [4.78, 5) is 14.3. The topological polar surface area (TPSA) is 46.3 Å². The van der Waals surface area contributed by atoms with Crippen LogP contribution in [0.15, 0.2) is 18.2 Å². The van der Waals surface area contributed by atoms with E-state index in [-0.39, 0.29) is 11.8 Å². The van der Waals surface area contributed by atoms with E-state index in [0.29, 0.717) is 0 Å². The van der Waals surface area contributed by atoms with Gasteiger partial charge in [-0.1, -0.05) is 19.9 Å². The molecule has 0 fully saturated rings. The number of benzene rings is 1. The molecule has 1 amide bonds. The van der Waals surface area contributed by atoms with Gasteiger partial charge in [-0.3, -0.25) is 4.79 Å². The van der Waals surface area contributed by atoms with Crippen LogP contribution in [0.2, 0.25) is 0 Å². The Morgan fingerprint density at radius 1 is 1.41 bits per heavy atom. The number of nitrogens with zero attached hydrogens (tertiary/aromatic N) is 1. The molecule has 3 heteroatoms. The highest BCUT2D eigenvalue weighted by atomic mass is 16.2. The predicted molar refractivity (Wildman–Crippen MR) is 71.0 cm³/mol. The molecule has 0 atom stereocenters. The molecule has 2 rings (SSSR count). The summed E-state index contributed by atoms with van der Waals surface area (Å²) in [5, 5.41) is 0. The quantitative estimate of drug-likeness (QED) is 0.814. The Hall–Kier alpha value is -1.51. The Balaban J connectivity index is 2.28. The van der Waals surface area contributed by atoms with Crippen LogP contribution in [0.5, 0.6) is 0 Å². The summed E-state index contributed by atoms with van der Waals surface area (Å²) < 4.78 is 0. The maximum Gasteiger partial charge on any atom is 0.230 e. The molecule has 3 nitrogen and oxygen atoms in total. The monoisotopic (exact) mass is 232 g/mol. The zero-order valence-corrected chi connectivity index (χ0v) is 10.6. The summed E-state index contributed by atoms with van der Waals surface area (Å²) in [6.45, 7) is 4.92. The van der Waals surface area contributed by atoms with Crippen LogP contribution in [0.1, 0.15) is 32.3 Å². The number of carbonyl (C=O) groups is 1. The third kappa shape index (κ3) is 2.02. The fourth-order valence-corrected chi connectivity index (χ4v) is 2.55. The molecule has 0 saturated heterocycles. The summed E-state index contributed by atoms with van der Waals surface area (Å²) in [5.41, 5.74) is 8.89. The van der Waals surface area contributed by atoms with Crippen molar-refractivity contribution in [2.45, 2.75) is 33.1 Å². The second-order valence-corrected chi connectivity index (χ2v) is 4.60. The fourth-order valence-electron chi connectivity index (χ4n) is 2.55. The van der Waals surface area contributed by atoms with Gasteiger partial charge < -0.3 is 10.6 Å². The van der Waals surface area contributed by atoms with Gasteiger partial charge in [0.2, 0.25) is 5.91 Å². The maximum absolute atomic E-state index is 12.4. The van der Waals surface area contributed by atoms with Gasteiger partial charge in [-0.2, -0.15) is 0 Å². The van der Waals surface area contributed by atoms with E-state index in [1.54, 1.807) is 0 Å². The van der Waals surface area contributed by atoms with Crippen LogP contribution >= 0.6 is 0 Å². The van der Waals surface area contributed by atoms with Gasteiger partial charge in [-0.15, -0.1) is 0 Å². The smallest absolute Gasteiger partial charge is 0.230 e. The van der Waals surface area contributed by atoms with E-state index >= 15 is 0 Å². The van der Waals surface area contributed by atoms with E-state index in [0.717, 1.165) is 42.7 Å². The molecular weight excluding hydrogens is 212 g/mol. The summed E-state index contributed by atoms with van der Waals surface area (Å²) >= 11 is 0. The molecule has 1 heterocycles. The van der Waals surface area contributed by atoms with E-state index in [1.165, 1.54) is 0 Å². The molecule has 0 saturated carbocycles. The van der Waals surface area contributed by atoms with Crippen molar-refractivity contribution in [1.29, 1.82) is 0 Å². The van der Waals surface area contributed by atoms with Crippen LogP contribution < -0.4 is 10.6 Å². The second kappa shape index (κ2) is 4.78. The lowest BCUT2D eigenvalue weighted by Crippen LogP contribution is -2.34. The molecule has 2 N–H and O–H groups in total. The van der Waals surface area contributed by atoms with Crippen LogP contribution in [0, 0.1) is 5.92 Å². The van der Waals surface area contributed by atoms with E-state index in [9.17, 15) is 4.79 Å². The number of nitrogen functional groups attached to an aromatic ring is 1. The number of rotatable bonds is 3. The first-order valence-corrected chi connectivity index (χ1v) is 6.37. The first-order chi connectivity index (χ1) is 8.19. The average Bonchev–Trinajstić information content (AvgIpc) is 2.75. The van der Waals surface area contributed by atoms with E-state index in [1.807, 2.05) is 23.1 Å². The standard InChI is InChI=1S/C14H20N2O/c1-3-10(4-2)14(17)16-9-8-11-12(15)6-5-7-13(11)16/h5-7,10H,3-4,8-9,15H2,1-2H3. The van der Waals surface area contributed by atoms with Crippen molar-refractivity contribution in [3.63, 3.8) is 0 Å². The van der Waals surface area contributed by atoms with Crippen LogP contribution in [0.3, 0.4) is 0 Å². The van der Waals surface area contributed by atoms with Crippen LogP contribution in [-0.2, 0) is 11.2 Å². The Morgan fingerprint density at radius 2 is 2.12 bits per heavy atom. The minimum absolute atomic E-state index is 0.141. The van der Waals surface area contributed by atoms with E-state index < -0.39 is 0 Å². The summed E-state index contributed by atoms with van der Waals surface area (Å²) in [7, 11) is 0. The van der Waals surface area contributed by atoms with E-state index in [2.05, 4.69) is 13.8 Å². The number of hydrogen-bond acceptors (Lipinski definition) is 2. The van der Waals surface area contributed by atoms with Gasteiger partial charge in [0.1, 0.15) is 0 Å². The lowest BCUT2D eigenvalue weighted by atomic mass is 10.0. The molecule has 0 radical (unpaired) electrons. The molecule has 1 aromatic rings. The first-order valence-electron chi connectivity index (χ1n) is 6.37. The van der Waals surface area contributed by atoms with Crippen molar-refractivity contribution in [1.82, 2.24) is 0 Å². The Labute approximate surface area is 103 Å². The van der Waals surface area contributed by atoms with Crippen LogP contribution in [-0.4, -0.2) is 12.5 Å². The highest BCUT2D eigenvalue weighted by Crippen LogP contribution is 2.33. The molecule has 0 aromatic heterocycles. The average molecular weight is 232 g/mol. The van der Waals surface area contributed by atoms with Crippen molar-refractivity contribution < 1.29 is 4.79 Å². The lowest BCUT2D eigenvalue weighted by Gasteiger charge is -2.22. The number of anilines is 2. The minimum Gasteiger partial charge on any atom is -0.398 e. The van der Waals surface area contributed by atoms with Crippen molar-refractivity contribution in [2.75, 3.05) is 17.2 Å². The number of fused-ring (bicyclic) bond motifs is 1. The zero-order chi connectivity index (χ0) is 12.4. The third-order valence-corrected chi connectivity index (χ3v) is 3.66. The maximum atomic E-state index is 12.4. The van der Waals surface area contributed by atoms with Gasteiger partial charge in [0.15, 0.2) is 0 Å². The molecule has 0 spiro atoms. The highest BCUT2D eigenvalue weighted by molar-refractivity contribution is 5.97. The largest absolute Gasteiger partial charge is 0.398 e. The van der Waals surface area contributed by atoms with Crippen molar-refractivity contribution in [3.8, 4) is 0 Å². The molecule has 1 aliphatic rings. The minimum atomic E-state index is 0.141. The predicted octanol–water partition coefficient (Wildman–Crippen LogP) is 2.59. The lowest BCUT2D eigenvalue weighted by molar-refractivity contribution is -0.122. The van der Waals surface area contributed by atoms with Gasteiger partial charge in [-0.25, -0.2) is 0 Å². The van der Waals surface area contributed by atoms with Gasteiger partial charge in [-0.05, 0) is 31.4 Å². The van der Waals surface area contributed by atoms with Crippen molar-refractivity contribution in [2.24, 2.45) is 5.92 Å².